The number of methoxy groups -OCH3 is 2. The molecule has 2 aromatic carbocycles. The summed E-state index contributed by atoms with van der Waals surface area (Å²) in [5, 5.41) is 2.84. The zero-order valence-electron chi connectivity index (χ0n) is 15.6. The number of rotatable bonds is 7. The molecule has 3 rings (SSSR count). The topological polar surface area (TPSA) is 73.6 Å². The predicted molar refractivity (Wildman–Crippen MR) is 103 cm³/mol. The van der Waals surface area contributed by atoms with Crippen molar-refractivity contribution in [2.24, 2.45) is 0 Å². The maximum Gasteiger partial charge on any atom is 0.224 e. The predicted octanol–water partition coefficient (Wildman–Crippen LogP) is 4.24. The summed E-state index contributed by atoms with van der Waals surface area (Å²) in [7, 11) is 3.12. The molecule has 6 nitrogen and oxygen atoms in total. The Morgan fingerprint density at radius 2 is 1.89 bits per heavy atom. The van der Waals surface area contributed by atoms with Gasteiger partial charge < -0.3 is 19.2 Å². The van der Waals surface area contributed by atoms with Crippen LogP contribution in [0.25, 0.3) is 11.3 Å². The number of aryl methyl sites for hydroxylation is 2. The Labute approximate surface area is 158 Å². The van der Waals surface area contributed by atoms with Gasteiger partial charge in [0.15, 0.2) is 11.7 Å². The van der Waals surface area contributed by atoms with Gasteiger partial charge >= 0.3 is 0 Å². The number of anilines is 1. The Hall–Kier alpha value is -3.28. The average Bonchev–Trinajstić information content (AvgIpc) is 3.16. The van der Waals surface area contributed by atoms with Crippen molar-refractivity contribution in [3.05, 3.63) is 60.1 Å². The number of hydrogen-bond donors (Lipinski definition) is 1. The van der Waals surface area contributed by atoms with Crippen LogP contribution in [-0.2, 0) is 11.2 Å². The first-order valence-corrected chi connectivity index (χ1v) is 8.62. The Morgan fingerprint density at radius 1 is 1.11 bits per heavy atom. The number of nitrogens with zero attached hydrogens (tertiary/aromatic N) is 1. The smallest absolute Gasteiger partial charge is 0.224 e. The molecule has 140 valence electrons. The molecule has 0 aliphatic heterocycles. The van der Waals surface area contributed by atoms with Gasteiger partial charge in [0.25, 0.3) is 0 Å². The molecule has 0 bridgehead atoms. The van der Waals surface area contributed by atoms with Crippen LogP contribution in [0.15, 0.2) is 53.1 Å². The van der Waals surface area contributed by atoms with Crippen molar-refractivity contribution < 1.29 is 18.7 Å². The molecule has 0 aliphatic carbocycles. The normalized spacial score (nSPS) is 10.5. The van der Waals surface area contributed by atoms with Crippen molar-refractivity contribution in [2.75, 3.05) is 19.5 Å². The number of aromatic nitrogens is 1. The van der Waals surface area contributed by atoms with E-state index in [0.717, 1.165) is 5.56 Å². The molecule has 0 spiro atoms. The molecule has 1 N–H and O–H groups in total. The Balaban J connectivity index is 1.61. The van der Waals surface area contributed by atoms with Gasteiger partial charge in [-0.3, -0.25) is 4.79 Å². The summed E-state index contributed by atoms with van der Waals surface area (Å²) in [5.41, 5.74) is 2.71. The molecule has 0 saturated carbocycles. The minimum absolute atomic E-state index is 0.156. The lowest BCUT2D eigenvalue weighted by molar-refractivity contribution is -0.116. The van der Waals surface area contributed by atoms with E-state index in [0.29, 0.717) is 35.3 Å². The zero-order valence-corrected chi connectivity index (χ0v) is 15.6. The van der Waals surface area contributed by atoms with Crippen molar-refractivity contribution in [2.45, 2.75) is 19.8 Å². The van der Waals surface area contributed by atoms with E-state index in [2.05, 4.69) is 10.3 Å². The Kier molecular flexibility index (Phi) is 5.76. The summed E-state index contributed by atoms with van der Waals surface area (Å²) in [6.07, 6.45) is 2.33. The van der Waals surface area contributed by atoms with Gasteiger partial charge in [-0.1, -0.05) is 29.8 Å². The molecule has 0 atom stereocenters. The number of carbonyl (C=O) groups is 1. The molecule has 0 unspecified atom stereocenters. The van der Waals surface area contributed by atoms with Crippen LogP contribution in [0.1, 0.15) is 17.9 Å². The largest absolute Gasteiger partial charge is 0.497 e. The first kappa shape index (κ1) is 18.5. The second kappa shape index (κ2) is 8.40. The van der Waals surface area contributed by atoms with Gasteiger partial charge in [-0.25, -0.2) is 4.98 Å². The fourth-order valence-electron chi connectivity index (χ4n) is 2.62. The summed E-state index contributed by atoms with van der Waals surface area (Å²) in [4.78, 5) is 16.6. The lowest BCUT2D eigenvalue weighted by atomic mass is 10.1. The van der Waals surface area contributed by atoms with E-state index in [1.165, 1.54) is 5.56 Å². The third kappa shape index (κ3) is 4.67. The molecule has 0 saturated heterocycles. The number of amides is 1. The first-order chi connectivity index (χ1) is 13.1. The monoisotopic (exact) mass is 366 g/mol. The summed E-state index contributed by atoms with van der Waals surface area (Å²) >= 11 is 0. The molecule has 1 amide bonds. The van der Waals surface area contributed by atoms with Crippen molar-refractivity contribution in [3.63, 3.8) is 0 Å². The molecular weight excluding hydrogens is 344 g/mol. The van der Waals surface area contributed by atoms with Gasteiger partial charge in [-0.05, 0) is 19.1 Å². The highest BCUT2D eigenvalue weighted by Gasteiger charge is 2.12. The lowest BCUT2D eigenvalue weighted by Gasteiger charge is -2.11. The van der Waals surface area contributed by atoms with Gasteiger partial charge in [0.05, 0.1) is 26.1 Å². The molecule has 1 aromatic heterocycles. The molecule has 0 aliphatic rings. The van der Waals surface area contributed by atoms with Gasteiger partial charge in [-0.2, -0.15) is 0 Å². The van der Waals surface area contributed by atoms with Crippen LogP contribution < -0.4 is 14.8 Å². The van der Waals surface area contributed by atoms with E-state index in [1.54, 1.807) is 38.6 Å². The van der Waals surface area contributed by atoms with Crippen LogP contribution in [0.4, 0.5) is 5.69 Å². The van der Waals surface area contributed by atoms with Crippen LogP contribution in [0.2, 0.25) is 0 Å². The summed E-state index contributed by atoms with van der Waals surface area (Å²) in [6.45, 7) is 2.03. The second-order valence-electron chi connectivity index (χ2n) is 6.10. The van der Waals surface area contributed by atoms with Crippen molar-refractivity contribution in [1.82, 2.24) is 4.98 Å². The summed E-state index contributed by atoms with van der Waals surface area (Å²) in [6, 6.07) is 13.3. The Bertz CT molecular complexity index is 916. The minimum atomic E-state index is -0.156. The standard InChI is InChI=1S/C21H22N2O4/c1-14-4-6-15(7-5-14)19-13-22-21(27-19)11-10-20(24)23-17-12-16(25-2)8-9-18(17)26-3/h4-9,12-13H,10-11H2,1-3H3,(H,23,24). The van der Waals surface area contributed by atoms with E-state index in [9.17, 15) is 4.79 Å². The minimum Gasteiger partial charge on any atom is -0.497 e. The molecule has 0 fully saturated rings. The van der Waals surface area contributed by atoms with Crippen LogP contribution in [0.5, 0.6) is 11.5 Å². The highest BCUT2D eigenvalue weighted by Crippen LogP contribution is 2.29. The molecule has 0 radical (unpaired) electrons. The third-order valence-corrected chi connectivity index (χ3v) is 4.14. The molecule has 6 heteroatoms. The second-order valence-corrected chi connectivity index (χ2v) is 6.10. The summed E-state index contributed by atoms with van der Waals surface area (Å²) in [5.74, 6) is 2.28. The molecular formula is C21H22N2O4. The van der Waals surface area contributed by atoms with Crippen LogP contribution in [0, 0.1) is 6.92 Å². The van der Waals surface area contributed by atoms with Crippen molar-refractivity contribution in [1.29, 1.82) is 0 Å². The SMILES string of the molecule is COc1ccc(OC)c(NC(=O)CCc2ncc(-c3ccc(C)cc3)o2)c1. The van der Waals surface area contributed by atoms with E-state index in [4.69, 9.17) is 13.9 Å². The maximum absolute atomic E-state index is 12.3. The number of hydrogen-bond acceptors (Lipinski definition) is 5. The maximum atomic E-state index is 12.3. The van der Waals surface area contributed by atoms with E-state index in [1.807, 2.05) is 31.2 Å². The fraction of sp³-hybridized carbons (Fsp3) is 0.238. The highest BCUT2D eigenvalue weighted by atomic mass is 16.5. The van der Waals surface area contributed by atoms with Gasteiger partial charge in [0.2, 0.25) is 5.91 Å². The van der Waals surface area contributed by atoms with Crippen molar-refractivity contribution >= 4 is 11.6 Å². The third-order valence-electron chi connectivity index (χ3n) is 4.14. The number of carbonyl (C=O) groups excluding carboxylic acids is 1. The fourth-order valence-corrected chi connectivity index (χ4v) is 2.62. The zero-order chi connectivity index (χ0) is 19.2. The van der Waals surface area contributed by atoms with E-state index >= 15 is 0 Å². The molecule has 27 heavy (non-hydrogen) atoms. The first-order valence-electron chi connectivity index (χ1n) is 8.62. The van der Waals surface area contributed by atoms with Gasteiger partial charge in [-0.15, -0.1) is 0 Å². The average molecular weight is 366 g/mol. The van der Waals surface area contributed by atoms with Crippen molar-refractivity contribution in [3.8, 4) is 22.8 Å². The Morgan fingerprint density at radius 3 is 2.59 bits per heavy atom. The quantitative estimate of drug-likeness (QED) is 0.677. The molecule has 3 aromatic rings. The lowest BCUT2D eigenvalue weighted by Crippen LogP contribution is -2.13. The van der Waals surface area contributed by atoms with Crippen LogP contribution in [0.3, 0.4) is 0 Å². The number of nitrogens with one attached hydrogen (secondary N) is 1. The van der Waals surface area contributed by atoms with Gasteiger partial charge in [0, 0.05) is 24.5 Å². The summed E-state index contributed by atoms with van der Waals surface area (Å²) < 4.78 is 16.2. The van der Waals surface area contributed by atoms with E-state index < -0.39 is 0 Å². The number of ether oxygens (including phenoxy) is 2. The van der Waals surface area contributed by atoms with E-state index in [-0.39, 0.29) is 12.3 Å². The number of oxazole rings is 1. The van der Waals surface area contributed by atoms with Crippen LogP contribution >= 0.6 is 0 Å². The highest BCUT2D eigenvalue weighted by molar-refractivity contribution is 5.92. The number of benzene rings is 2. The van der Waals surface area contributed by atoms with Gasteiger partial charge in [0.1, 0.15) is 11.5 Å². The van der Waals surface area contributed by atoms with Crippen LogP contribution in [-0.4, -0.2) is 25.1 Å². The molecule has 1 heterocycles.